The van der Waals surface area contributed by atoms with Gasteiger partial charge in [0.15, 0.2) is 30.5 Å². The van der Waals surface area contributed by atoms with Gasteiger partial charge in [-0.3, -0.25) is 9.59 Å². The fourth-order valence-electron chi connectivity index (χ4n) is 3.45. The van der Waals surface area contributed by atoms with E-state index in [9.17, 15) is 14.4 Å². The quantitative estimate of drug-likeness (QED) is 0.436. The van der Waals surface area contributed by atoms with E-state index in [-0.39, 0.29) is 24.9 Å². The van der Waals surface area contributed by atoms with Crippen LogP contribution in [0.15, 0.2) is 36.4 Å². The van der Waals surface area contributed by atoms with Gasteiger partial charge >= 0.3 is 5.97 Å². The van der Waals surface area contributed by atoms with Crippen LogP contribution in [0.2, 0.25) is 0 Å². The number of benzene rings is 2. The molecule has 0 aliphatic carbocycles. The highest BCUT2D eigenvalue weighted by Gasteiger charge is 2.23. The minimum atomic E-state index is -0.643. The number of Topliss-reactive ketones (excluding diaryl/α,β-unsaturated/α-hetero) is 1. The second kappa shape index (κ2) is 10.7. The number of methoxy groups -OCH3 is 2. The molecule has 0 spiro atoms. The van der Waals surface area contributed by atoms with Crippen molar-refractivity contribution in [2.75, 3.05) is 34.0 Å². The first-order valence-corrected chi connectivity index (χ1v) is 10.4. The van der Waals surface area contributed by atoms with Crippen LogP contribution >= 0.6 is 0 Å². The zero-order valence-electron chi connectivity index (χ0n) is 18.5. The minimum Gasteiger partial charge on any atom is -0.493 e. The van der Waals surface area contributed by atoms with E-state index in [1.54, 1.807) is 50.3 Å². The summed E-state index contributed by atoms with van der Waals surface area (Å²) >= 11 is 0. The number of ketones is 1. The average molecular weight is 441 g/mol. The third-order valence-electron chi connectivity index (χ3n) is 5.28. The molecule has 0 saturated heterocycles. The second-order valence-corrected chi connectivity index (χ2v) is 7.29. The van der Waals surface area contributed by atoms with Crippen LogP contribution in [0.25, 0.3) is 0 Å². The molecule has 1 aliphatic heterocycles. The molecule has 2 aromatic carbocycles. The van der Waals surface area contributed by atoms with Crippen LogP contribution in [-0.2, 0) is 27.3 Å². The van der Waals surface area contributed by atoms with Gasteiger partial charge in [0.05, 0.1) is 14.2 Å². The number of esters is 1. The highest BCUT2D eigenvalue weighted by Crippen LogP contribution is 2.33. The van der Waals surface area contributed by atoms with E-state index in [1.165, 1.54) is 0 Å². The zero-order valence-corrected chi connectivity index (χ0v) is 18.5. The second-order valence-electron chi connectivity index (χ2n) is 7.29. The predicted octanol–water partition coefficient (Wildman–Crippen LogP) is 2.80. The number of ether oxygens (including phenoxy) is 4. The number of hydrogen-bond donors (Lipinski definition) is 0. The summed E-state index contributed by atoms with van der Waals surface area (Å²) in [4.78, 5) is 37.8. The Morgan fingerprint density at radius 2 is 1.59 bits per heavy atom. The molecule has 0 aromatic heterocycles. The SMILES string of the molecule is CCC(=O)c1ccc(OCC(=O)OCC(=O)N2CCc3cc(OC)c(OC)cc3C2)cc1. The van der Waals surface area contributed by atoms with Crippen LogP contribution in [0.1, 0.15) is 34.8 Å². The van der Waals surface area contributed by atoms with Crippen molar-refractivity contribution in [1.29, 1.82) is 0 Å². The van der Waals surface area contributed by atoms with Gasteiger partial charge in [-0.2, -0.15) is 0 Å². The van der Waals surface area contributed by atoms with Crippen LogP contribution in [0.3, 0.4) is 0 Å². The zero-order chi connectivity index (χ0) is 23.1. The number of rotatable bonds is 9. The summed E-state index contributed by atoms with van der Waals surface area (Å²) in [6.45, 7) is 2.05. The Hall–Kier alpha value is -3.55. The maximum Gasteiger partial charge on any atom is 0.344 e. The molecule has 32 heavy (non-hydrogen) atoms. The fourth-order valence-corrected chi connectivity index (χ4v) is 3.45. The lowest BCUT2D eigenvalue weighted by atomic mass is 9.99. The highest BCUT2D eigenvalue weighted by molar-refractivity contribution is 5.95. The lowest BCUT2D eigenvalue weighted by molar-refractivity contribution is -0.154. The number of carbonyl (C=O) groups is 3. The van der Waals surface area contributed by atoms with Crippen molar-refractivity contribution in [3.63, 3.8) is 0 Å². The number of amides is 1. The van der Waals surface area contributed by atoms with E-state index in [4.69, 9.17) is 18.9 Å². The van der Waals surface area contributed by atoms with Crippen molar-refractivity contribution in [3.05, 3.63) is 53.1 Å². The van der Waals surface area contributed by atoms with Gasteiger partial charge in [0.1, 0.15) is 5.75 Å². The Balaban J connectivity index is 1.47. The molecule has 0 saturated carbocycles. The summed E-state index contributed by atoms with van der Waals surface area (Å²) in [5.41, 5.74) is 2.66. The maximum atomic E-state index is 12.5. The largest absolute Gasteiger partial charge is 0.493 e. The van der Waals surface area contributed by atoms with Crippen molar-refractivity contribution < 1.29 is 33.3 Å². The minimum absolute atomic E-state index is 0.0346. The van der Waals surface area contributed by atoms with E-state index in [2.05, 4.69) is 0 Å². The highest BCUT2D eigenvalue weighted by atomic mass is 16.6. The van der Waals surface area contributed by atoms with Crippen molar-refractivity contribution in [2.24, 2.45) is 0 Å². The van der Waals surface area contributed by atoms with Crippen molar-refractivity contribution in [3.8, 4) is 17.2 Å². The van der Waals surface area contributed by atoms with Crippen LogP contribution in [0.4, 0.5) is 0 Å². The van der Waals surface area contributed by atoms with Crippen molar-refractivity contribution in [2.45, 2.75) is 26.3 Å². The molecule has 1 heterocycles. The molecule has 1 amide bonds. The molecule has 0 unspecified atom stereocenters. The van der Waals surface area contributed by atoms with Gasteiger partial charge < -0.3 is 23.8 Å². The van der Waals surface area contributed by atoms with Gasteiger partial charge in [0, 0.05) is 25.1 Å². The average Bonchev–Trinajstić information content (AvgIpc) is 2.84. The van der Waals surface area contributed by atoms with Crippen LogP contribution < -0.4 is 14.2 Å². The molecular formula is C24H27NO7. The predicted molar refractivity (Wildman–Crippen MR) is 116 cm³/mol. The lowest BCUT2D eigenvalue weighted by Gasteiger charge is -2.29. The molecule has 0 atom stereocenters. The molecular weight excluding hydrogens is 414 g/mol. The molecule has 0 bridgehead atoms. The lowest BCUT2D eigenvalue weighted by Crippen LogP contribution is -2.39. The van der Waals surface area contributed by atoms with Crippen LogP contribution in [0.5, 0.6) is 17.2 Å². The van der Waals surface area contributed by atoms with Gasteiger partial charge in [-0.25, -0.2) is 4.79 Å². The van der Waals surface area contributed by atoms with Crippen LogP contribution in [0, 0.1) is 0 Å². The normalized spacial score (nSPS) is 12.5. The van der Waals surface area contributed by atoms with E-state index < -0.39 is 5.97 Å². The summed E-state index contributed by atoms with van der Waals surface area (Å²) in [5.74, 6) is 0.824. The molecule has 0 fully saturated rings. The monoisotopic (exact) mass is 441 g/mol. The first kappa shape index (κ1) is 23.1. The fraction of sp³-hybridized carbons (Fsp3) is 0.375. The molecule has 1 aliphatic rings. The Morgan fingerprint density at radius 3 is 2.22 bits per heavy atom. The smallest absolute Gasteiger partial charge is 0.344 e. The van der Waals surface area contributed by atoms with Crippen molar-refractivity contribution in [1.82, 2.24) is 4.90 Å². The number of hydrogen-bond acceptors (Lipinski definition) is 7. The summed E-state index contributed by atoms with van der Waals surface area (Å²) in [5, 5.41) is 0. The summed E-state index contributed by atoms with van der Waals surface area (Å²) in [6, 6.07) is 10.3. The Kier molecular flexibility index (Phi) is 7.70. The Labute approximate surface area is 187 Å². The van der Waals surface area contributed by atoms with E-state index in [0.717, 1.165) is 11.1 Å². The summed E-state index contributed by atoms with van der Waals surface area (Å²) < 4.78 is 21.1. The first-order valence-electron chi connectivity index (χ1n) is 10.4. The summed E-state index contributed by atoms with van der Waals surface area (Å²) in [7, 11) is 3.15. The van der Waals surface area contributed by atoms with Gasteiger partial charge in [-0.15, -0.1) is 0 Å². The molecule has 0 radical (unpaired) electrons. The Morgan fingerprint density at radius 1 is 0.938 bits per heavy atom. The molecule has 8 nitrogen and oxygen atoms in total. The molecule has 2 aromatic rings. The van der Waals surface area contributed by atoms with E-state index >= 15 is 0 Å². The van der Waals surface area contributed by atoms with E-state index in [0.29, 0.717) is 48.7 Å². The third kappa shape index (κ3) is 5.57. The standard InChI is InChI=1S/C24H27NO7/c1-4-20(26)16-5-7-19(8-6-16)31-15-24(28)32-14-23(27)25-10-9-17-11-21(29-2)22(30-3)12-18(17)13-25/h5-8,11-12H,4,9-10,13-15H2,1-3H3. The number of fused-ring (bicyclic) bond motifs is 1. The van der Waals surface area contributed by atoms with Crippen molar-refractivity contribution >= 4 is 17.7 Å². The third-order valence-corrected chi connectivity index (χ3v) is 5.28. The number of nitrogens with zero attached hydrogens (tertiary/aromatic N) is 1. The molecule has 8 heteroatoms. The molecule has 3 rings (SSSR count). The first-order chi connectivity index (χ1) is 15.4. The molecule has 170 valence electrons. The topological polar surface area (TPSA) is 91.4 Å². The van der Waals surface area contributed by atoms with Gasteiger partial charge in [0.25, 0.3) is 5.91 Å². The van der Waals surface area contributed by atoms with E-state index in [1.807, 2.05) is 12.1 Å². The maximum absolute atomic E-state index is 12.5. The molecule has 0 N–H and O–H groups in total. The summed E-state index contributed by atoms with van der Waals surface area (Å²) in [6.07, 6.45) is 1.10. The Bertz CT molecular complexity index is 985. The van der Waals surface area contributed by atoms with Crippen LogP contribution in [-0.4, -0.2) is 56.5 Å². The van der Waals surface area contributed by atoms with Gasteiger partial charge in [0.2, 0.25) is 0 Å². The van der Waals surface area contributed by atoms with Gasteiger partial charge in [-0.05, 0) is 53.9 Å². The number of carbonyl (C=O) groups excluding carboxylic acids is 3. The van der Waals surface area contributed by atoms with Gasteiger partial charge in [-0.1, -0.05) is 6.92 Å².